The topological polar surface area (TPSA) is 54.4 Å². The number of alkyl halides is 3. The number of benzene rings is 1. The van der Waals surface area contributed by atoms with Crippen LogP contribution in [0.25, 0.3) is 0 Å². The van der Waals surface area contributed by atoms with E-state index in [2.05, 4.69) is 15.9 Å². The van der Waals surface area contributed by atoms with Gasteiger partial charge in [0.05, 0.1) is 4.90 Å². The summed E-state index contributed by atoms with van der Waals surface area (Å²) in [6.45, 7) is 0. The highest BCUT2D eigenvalue weighted by atomic mass is 79.9. The normalized spacial score (nSPS) is 23.4. The van der Waals surface area contributed by atoms with Crippen LogP contribution >= 0.6 is 15.9 Å². The van der Waals surface area contributed by atoms with Crippen LogP contribution in [0.4, 0.5) is 13.2 Å². The number of halogens is 4. The van der Waals surface area contributed by atoms with Crippen molar-refractivity contribution >= 4 is 25.8 Å². The minimum absolute atomic E-state index is 0.205. The number of sulfone groups is 1. The van der Waals surface area contributed by atoms with Crippen molar-refractivity contribution in [1.82, 2.24) is 0 Å². The Morgan fingerprint density at radius 3 is 2.56 bits per heavy atom. The lowest BCUT2D eigenvalue weighted by atomic mass is 10.1. The molecule has 0 heterocycles. The summed E-state index contributed by atoms with van der Waals surface area (Å²) in [7, 11) is -4.86. The Balaban J connectivity index is 2.71. The molecule has 1 aromatic rings. The highest BCUT2D eigenvalue weighted by Gasteiger charge is 2.40. The van der Waals surface area contributed by atoms with E-state index in [9.17, 15) is 26.7 Å². The summed E-state index contributed by atoms with van der Waals surface area (Å²) < 4.78 is 61.7. The Morgan fingerprint density at radius 1 is 1.39 bits per heavy atom. The molecule has 18 heavy (non-hydrogen) atoms. The summed E-state index contributed by atoms with van der Waals surface area (Å²) in [5, 5.41) is 9.60. The molecule has 0 bridgehead atoms. The smallest absolute Gasteiger partial charge is 0.341 e. The molecule has 1 aromatic carbocycles. The van der Waals surface area contributed by atoms with Crippen LogP contribution < -0.4 is 0 Å². The maximum atomic E-state index is 13.4. The van der Waals surface area contributed by atoms with E-state index in [1.807, 2.05) is 0 Å². The number of aliphatic hydroxyl groups is 1. The molecule has 1 aliphatic carbocycles. The number of fused-ring (bicyclic) bond motifs is 1. The number of rotatable bonds is 2. The van der Waals surface area contributed by atoms with Crippen LogP contribution in [-0.2, 0) is 16.3 Å². The number of hydrogen-bond acceptors (Lipinski definition) is 3. The summed E-state index contributed by atoms with van der Waals surface area (Å²) in [6, 6.07) is 2.21. The quantitative estimate of drug-likeness (QED) is 0.896. The predicted molar refractivity (Wildman–Crippen MR) is 60.9 cm³/mol. The van der Waals surface area contributed by atoms with Crippen LogP contribution in [0.1, 0.15) is 17.2 Å². The molecular formula is C10H8BrF3O3S. The lowest BCUT2D eigenvalue weighted by Crippen LogP contribution is -2.16. The Labute approximate surface area is 110 Å². The van der Waals surface area contributed by atoms with Gasteiger partial charge in [0.2, 0.25) is 9.84 Å². The highest BCUT2D eigenvalue weighted by Crippen LogP contribution is 2.42. The van der Waals surface area contributed by atoms with E-state index in [1.54, 1.807) is 0 Å². The third-order valence-electron chi connectivity index (χ3n) is 2.84. The van der Waals surface area contributed by atoms with Gasteiger partial charge in [-0.1, -0.05) is 15.9 Å². The van der Waals surface area contributed by atoms with Crippen molar-refractivity contribution in [3.05, 3.63) is 27.7 Å². The van der Waals surface area contributed by atoms with Gasteiger partial charge >= 0.3 is 5.76 Å². The summed E-state index contributed by atoms with van der Waals surface area (Å²) in [5.41, 5.74) is -0.0473. The zero-order valence-electron chi connectivity index (χ0n) is 8.78. The zero-order valence-corrected chi connectivity index (χ0v) is 11.2. The van der Waals surface area contributed by atoms with Crippen LogP contribution in [0.5, 0.6) is 0 Å². The molecule has 0 aromatic heterocycles. The summed E-state index contributed by atoms with van der Waals surface area (Å²) >= 11 is 3.08. The van der Waals surface area contributed by atoms with Gasteiger partial charge in [0.15, 0.2) is 0 Å². The van der Waals surface area contributed by atoms with Crippen molar-refractivity contribution in [1.29, 1.82) is 0 Å². The largest absolute Gasteiger partial charge is 0.385 e. The molecule has 3 nitrogen and oxygen atoms in total. The third kappa shape index (κ3) is 1.96. The molecule has 1 N–H and O–H groups in total. The summed E-state index contributed by atoms with van der Waals surface area (Å²) in [4.78, 5) is -0.705. The maximum absolute atomic E-state index is 13.4. The first-order valence-electron chi connectivity index (χ1n) is 4.92. The lowest BCUT2D eigenvalue weighted by molar-refractivity contribution is 0.0906. The van der Waals surface area contributed by atoms with Gasteiger partial charge in [-0.25, -0.2) is 12.8 Å². The average molecular weight is 345 g/mol. The summed E-state index contributed by atoms with van der Waals surface area (Å²) in [5.74, 6) is -3.60. The van der Waals surface area contributed by atoms with Gasteiger partial charge in [-0.05, 0) is 17.7 Å². The van der Waals surface area contributed by atoms with Gasteiger partial charge in [0.25, 0.3) is 0 Å². The monoisotopic (exact) mass is 344 g/mol. The zero-order chi connectivity index (χ0) is 13.7. The molecule has 0 aliphatic heterocycles. The fourth-order valence-corrected chi connectivity index (χ4v) is 3.49. The van der Waals surface area contributed by atoms with E-state index in [-0.39, 0.29) is 17.5 Å². The van der Waals surface area contributed by atoms with Crippen LogP contribution in [0.15, 0.2) is 21.5 Å². The van der Waals surface area contributed by atoms with E-state index in [0.29, 0.717) is 4.47 Å². The summed E-state index contributed by atoms with van der Waals surface area (Å²) in [6.07, 6.45) is -3.59. The van der Waals surface area contributed by atoms with E-state index in [1.165, 1.54) is 6.07 Å². The van der Waals surface area contributed by atoms with Gasteiger partial charge < -0.3 is 5.11 Å². The molecular weight excluding hydrogens is 337 g/mol. The maximum Gasteiger partial charge on any atom is 0.341 e. The van der Waals surface area contributed by atoms with E-state index >= 15 is 0 Å². The fraction of sp³-hybridized carbons (Fsp3) is 0.400. The number of hydrogen-bond donors (Lipinski definition) is 1. The molecule has 0 amide bonds. The van der Waals surface area contributed by atoms with Crippen molar-refractivity contribution in [2.45, 2.75) is 29.3 Å². The van der Waals surface area contributed by atoms with Crippen LogP contribution in [0, 0.1) is 0 Å². The fourth-order valence-electron chi connectivity index (χ4n) is 1.98. The second-order valence-electron chi connectivity index (χ2n) is 3.91. The highest BCUT2D eigenvalue weighted by molar-refractivity contribution is 9.10. The molecule has 0 unspecified atom stereocenters. The minimum atomic E-state index is -4.86. The molecule has 0 fully saturated rings. The number of aliphatic hydroxyl groups excluding tert-OH is 1. The molecule has 1 aliphatic rings. The van der Waals surface area contributed by atoms with Crippen molar-refractivity contribution < 1.29 is 26.7 Å². The van der Waals surface area contributed by atoms with E-state index in [0.717, 1.165) is 6.07 Å². The Morgan fingerprint density at radius 2 is 2.00 bits per heavy atom. The van der Waals surface area contributed by atoms with E-state index < -0.39 is 32.8 Å². The second kappa shape index (κ2) is 4.50. The Bertz CT molecular complexity index is 588. The van der Waals surface area contributed by atoms with Crippen LogP contribution in [-0.4, -0.2) is 25.5 Å². The average Bonchev–Trinajstić information content (AvgIpc) is 2.57. The first-order valence-corrected chi connectivity index (χ1v) is 7.26. The molecule has 2 rings (SSSR count). The molecule has 8 heteroatoms. The lowest BCUT2D eigenvalue weighted by Gasteiger charge is -2.13. The van der Waals surface area contributed by atoms with Crippen LogP contribution in [0.2, 0.25) is 0 Å². The first kappa shape index (κ1) is 13.8. The molecule has 0 saturated carbocycles. The van der Waals surface area contributed by atoms with Crippen LogP contribution in [0.3, 0.4) is 0 Å². The predicted octanol–water partition coefficient (Wildman–Crippen LogP) is 2.37. The Hall–Kier alpha value is -0.600. The Kier molecular flexibility index (Phi) is 3.46. The first-order chi connectivity index (χ1) is 8.26. The van der Waals surface area contributed by atoms with Crippen molar-refractivity contribution in [2.24, 2.45) is 0 Å². The second-order valence-corrected chi connectivity index (χ2v) is 6.65. The van der Waals surface area contributed by atoms with Crippen molar-refractivity contribution in [3.8, 4) is 0 Å². The SMILES string of the molecule is O=S(=O)(c1ccc(Br)c2c1[C@H](O)[C@H](F)C2)C(F)F. The molecule has 0 spiro atoms. The molecule has 2 atom stereocenters. The third-order valence-corrected chi connectivity index (χ3v) is 5.02. The molecule has 100 valence electrons. The van der Waals surface area contributed by atoms with Gasteiger partial charge in [0.1, 0.15) is 12.3 Å². The van der Waals surface area contributed by atoms with Gasteiger partial charge in [-0.3, -0.25) is 0 Å². The van der Waals surface area contributed by atoms with E-state index in [4.69, 9.17) is 0 Å². The van der Waals surface area contributed by atoms with Crippen molar-refractivity contribution in [2.75, 3.05) is 0 Å². The standard InChI is InChI=1S/C10H8BrF3O3S/c11-5-1-2-7(18(16,17)10(13)14)8-4(5)3-6(12)9(8)15/h1-2,6,9-10,15H,3H2/t6-,9-/m1/s1. The van der Waals surface area contributed by atoms with Gasteiger partial charge in [-0.2, -0.15) is 8.78 Å². The van der Waals surface area contributed by atoms with Gasteiger partial charge in [-0.15, -0.1) is 0 Å². The molecule has 0 saturated heterocycles. The van der Waals surface area contributed by atoms with Gasteiger partial charge in [0, 0.05) is 16.5 Å². The molecule has 0 radical (unpaired) electrons. The van der Waals surface area contributed by atoms with Crippen molar-refractivity contribution in [3.63, 3.8) is 0 Å². The minimum Gasteiger partial charge on any atom is -0.385 e.